The van der Waals surface area contributed by atoms with E-state index in [1.165, 1.54) is 6.92 Å². The summed E-state index contributed by atoms with van der Waals surface area (Å²) < 4.78 is 60.1. The molecule has 0 amide bonds. The number of aliphatic hydroxyl groups is 1. The van der Waals surface area contributed by atoms with Gasteiger partial charge in [-0.3, -0.25) is 0 Å². The molecule has 2 aromatic carbocycles. The zero-order valence-corrected chi connectivity index (χ0v) is 19.1. The predicted octanol–water partition coefficient (Wildman–Crippen LogP) is 3.49. The second kappa shape index (κ2) is 9.16. The van der Waals surface area contributed by atoms with Crippen LogP contribution in [-0.4, -0.2) is 50.8 Å². The first-order valence-electron chi connectivity index (χ1n) is 10.9. The fourth-order valence-electron chi connectivity index (χ4n) is 4.38. The molecule has 2 saturated heterocycles. The number of hydrogen-bond donors (Lipinski definition) is 2. The molecule has 6 unspecified atom stereocenters. The Kier molecular flexibility index (Phi) is 6.32. The van der Waals surface area contributed by atoms with Gasteiger partial charge in [0.25, 0.3) is 0 Å². The number of benzene rings is 2. The molecule has 1 aromatic heterocycles. The van der Waals surface area contributed by atoms with E-state index in [1.54, 1.807) is 0 Å². The molecule has 5 rings (SSSR count). The first-order valence-corrected chi connectivity index (χ1v) is 11.2. The van der Waals surface area contributed by atoms with Gasteiger partial charge in [-0.15, -0.1) is 0 Å². The Labute approximate surface area is 203 Å². The molecule has 0 radical (unpaired) electrons. The average molecular weight is 511 g/mol. The van der Waals surface area contributed by atoms with Crippen LogP contribution in [0.4, 0.5) is 13.2 Å². The Morgan fingerprint density at radius 2 is 1.89 bits per heavy atom. The molecule has 0 bridgehead atoms. The molecule has 2 aliphatic heterocycles. The molecule has 2 fully saturated rings. The molecule has 6 atom stereocenters. The highest BCUT2D eigenvalue weighted by atomic mass is 35.5. The van der Waals surface area contributed by atoms with Crippen LogP contribution in [0, 0.1) is 6.92 Å². The van der Waals surface area contributed by atoms with Crippen molar-refractivity contribution >= 4 is 11.6 Å². The highest BCUT2D eigenvalue weighted by molar-refractivity contribution is 6.30. The summed E-state index contributed by atoms with van der Waals surface area (Å²) in [6.07, 6.45) is -9.31. The van der Waals surface area contributed by atoms with E-state index < -0.39 is 48.5 Å². The third-order valence-electron chi connectivity index (χ3n) is 6.02. The standard InChI is InChI=1S/C23H22ClF3N4O4/c1-11-29-21(31(30-11)15-9-13(24)7-8-14(15)23(25,26)27)20-18(32)17(28)19-16(34-20)10-33-22(35-19)12-5-3-2-4-6-12/h2-9,16-20,22,32H,10,28H2,1H3. The van der Waals surface area contributed by atoms with Crippen molar-refractivity contribution in [1.82, 2.24) is 14.8 Å². The number of nitrogens with two attached hydrogens (primary N) is 1. The van der Waals surface area contributed by atoms with E-state index in [9.17, 15) is 18.3 Å². The Bertz CT molecular complexity index is 1210. The van der Waals surface area contributed by atoms with Gasteiger partial charge in [0.2, 0.25) is 0 Å². The summed E-state index contributed by atoms with van der Waals surface area (Å²) in [5, 5.41) is 15.3. The van der Waals surface area contributed by atoms with Crippen molar-refractivity contribution in [1.29, 1.82) is 0 Å². The monoisotopic (exact) mass is 510 g/mol. The number of hydrogen-bond acceptors (Lipinski definition) is 7. The number of aromatic nitrogens is 3. The largest absolute Gasteiger partial charge is 0.418 e. The maximum atomic E-state index is 13.7. The van der Waals surface area contributed by atoms with Crippen LogP contribution in [-0.2, 0) is 20.4 Å². The van der Waals surface area contributed by atoms with E-state index >= 15 is 0 Å². The normalized spacial score (nSPS) is 29.1. The molecule has 3 N–H and O–H groups in total. The lowest BCUT2D eigenvalue weighted by atomic mass is 9.92. The molecule has 186 valence electrons. The summed E-state index contributed by atoms with van der Waals surface area (Å²) in [5.74, 6) is 0.140. The fourth-order valence-corrected chi connectivity index (χ4v) is 4.54. The van der Waals surface area contributed by atoms with Crippen molar-refractivity contribution in [3.63, 3.8) is 0 Å². The topological polar surface area (TPSA) is 105 Å². The lowest BCUT2D eigenvalue weighted by molar-refractivity contribution is -0.309. The third-order valence-corrected chi connectivity index (χ3v) is 6.26. The van der Waals surface area contributed by atoms with Crippen molar-refractivity contribution in [3.05, 3.63) is 76.3 Å². The Hall–Kier alpha value is -2.54. The zero-order chi connectivity index (χ0) is 24.9. The number of aliphatic hydroxyl groups excluding tert-OH is 1. The van der Waals surface area contributed by atoms with Crippen LogP contribution in [0.2, 0.25) is 5.02 Å². The fraction of sp³-hybridized carbons (Fsp3) is 0.391. The molecule has 35 heavy (non-hydrogen) atoms. The highest BCUT2D eigenvalue weighted by Crippen LogP contribution is 2.40. The van der Waals surface area contributed by atoms with Crippen LogP contribution in [0.3, 0.4) is 0 Å². The summed E-state index contributed by atoms with van der Waals surface area (Å²) in [6, 6.07) is 11.4. The minimum Gasteiger partial charge on any atom is -0.388 e. The van der Waals surface area contributed by atoms with E-state index in [2.05, 4.69) is 10.1 Å². The summed E-state index contributed by atoms with van der Waals surface area (Å²) in [7, 11) is 0. The summed E-state index contributed by atoms with van der Waals surface area (Å²) in [4.78, 5) is 4.27. The number of nitrogens with zero attached hydrogens (tertiary/aromatic N) is 3. The van der Waals surface area contributed by atoms with Gasteiger partial charge in [0.05, 0.1) is 23.9 Å². The molecular formula is C23H22ClF3N4O4. The Morgan fingerprint density at radius 3 is 2.60 bits per heavy atom. The maximum absolute atomic E-state index is 13.7. The van der Waals surface area contributed by atoms with Crippen LogP contribution in [0.1, 0.15) is 35.2 Å². The van der Waals surface area contributed by atoms with Crippen LogP contribution < -0.4 is 5.73 Å². The van der Waals surface area contributed by atoms with Crippen molar-refractivity contribution in [2.75, 3.05) is 6.61 Å². The van der Waals surface area contributed by atoms with Crippen molar-refractivity contribution in [3.8, 4) is 5.69 Å². The van der Waals surface area contributed by atoms with Crippen molar-refractivity contribution in [2.45, 2.75) is 49.8 Å². The molecule has 0 spiro atoms. The minimum absolute atomic E-state index is 0.0400. The zero-order valence-electron chi connectivity index (χ0n) is 18.4. The Balaban J connectivity index is 1.47. The minimum atomic E-state index is -4.68. The second-order valence-electron chi connectivity index (χ2n) is 8.43. The van der Waals surface area contributed by atoms with Crippen LogP contribution in [0.5, 0.6) is 0 Å². The number of aryl methyl sites for hydroxylation is 1. The van der Waals surface area contributed by atoms with E-state index in [0.29, 0.717) is 0 Å². The highest BCUT2D eigenvalue weighted by Gasteiger charge is 2.50. The van der Waals surface area contributed by atoms with Crippen LogP contribution in [0.25, 0.3) is 5.69 Å². The molecule has 3 heterocycles. The molecule has 0 aliphatic carbocycles. The number of fused-ring (bicyclic) bond motifs is 1. The molecule has 12 heteroatoms. The van der Waals surface area contributed by atoms with Gasteiger partial charge in [0.1, 0.15) is 30.2 Å². The van der Waals surface area contributed by atoms with Gasteiger partial charge in [-0.2, -0.15) is 18.3 Å². The second-order valence-corrected chi connectivity index (χ2v) is 8.86. The molecule has 2 aliphatic rings. The van der Waals surface area contributed by atoms with Gasteiger partial charge in [-0.25, -0.2) is 9.67 Å². The van der Waals surface area contributed by atoms with Gasteiger partial charge < -0.3 is 25.1 Å². The molecule has 0 saturated carbocycles. The maximum Gasteiger partial charge on any atom is 0.418 e. The number of alkyl halides is 3. The summed E-state index contributed by atoms with van der Waals surface area (Å²) in [5.41, 5.74) is 5.83. The Morgan fingerprint density at radius 1 is 1.14 bits per heavy atom. The smallest absolute Gasteiger partial charge is 0.388 e. The van der Waals surface area contributed by atoms with E-state index in [1.807, 2.05) is 30.3 Å². The first-order chi connectivity index (χ1) is 16.6. The summed E-state index contributed by atoms with van der Waals surface area (Å²) in [6.45, 7) is 1.62. The van der Waals surface area contributed by atoms with Gasteiger partial charge >= 0.3 is 6.18 Å². The lowest BCUT2D eigenvalue weighted by Gasteiger charge is -2.46. The first kappa shape index (κ1) is 24.2. The van der Waals surface area contributed by atoms with Gasteiger partial charge in [0.15, 0.2) is 12.1 Å². The number of rotatable bonds is 3. The van der Waals surface area contributed by atoms with Gasteiger partial charge in [0, 0.05) is 10.6 Å². The third kappa shape index (κ3) is 4.55. The number of ether oxygens (including phenoxy) is 3. The van der Waals surface area contributed by atoms with Crippen molar-refractivity contribution < 1.29 is 32.5 Å². The lowest BCUT2D eigenvalue weighted by Crippen LogP contribution is -2.62. The van der Waals surface area contributed by atoms with Crippen molar-refractivity contribution in [2.24, 2.45) is 5.73 Å². The number of halogens is 4. The van der Waals surface area contributed by atoms with E-state index in [4.69, 9.17) is 31.5 Å². The molecule has 3 aromatic rings. The average Bonchev–Trinajstić information content (AvgIpc) is 3.22. The SMILES string of the molecule is Cc1nc(C2OC3COC(c4ccccc4)OC3C(N)C2O)n(-c2cc(Cl)ccc2C(F)(F)F)n1. The summed E-state index contributed by atoms with van der Waals surface area (Å²) >= 11 is 6.01. The van der Waals surface area contributed by atoms with Crippen LogP contribution in [0.15, 0.2) is 48.5 Å². The predicted molar refractivity (Wildman–Crippen MR) is 118 cm³/mol. The van der Waals surface area contributed by atoms with E-state index in [0.717, 1.165) is 28.4 Å². The quantitative estimate of drug-likeness (QED) is 0.556. The van der Waals surface area contributed by atoms with Gasteiger partial charge in [-0.05, 0) is 25.1 Å². The van der Waals surface area contributed by atoms with Crippen LogP contribution >= 0.6 is 11.6 Å². The molecular weight excluding hydrogens is 489 g/mol. The molecule has 8 nitrogen and oxygen atoms in total. The van der Waals surface area contributed by atoms with E-state index in [-0.39, 0.29) is 29.0 Å². The van der Waals surface area contributed by atoms with Gasteiger partial charge in [-0.1, -0.05) is 41.9 Å².